The zero-order valence-corrected chi connectivity index (χ0v) is 34.5. The first-order valence-electron chi connectivity index (χ1n) is 21.0. The average molecular weight is 710 g/mol. The monoisotopic (exact) mass is 710 g/mol. The summed E-state index contributed by atoms with van der Waals surface area (Å²) in [5.41, 5.74) is -0.954. The second kappa shape index (κ2) is 30.9. The van der Waals surface area contributed by atoms with Crippen molar-refractivity contribution in [1.29, 1.82) is 0 Å². The lowest BCUT2D eigenvalue weighted by atomic mass is 9.86. The third kappa shape index (κ3) is 28.0. The van der Waals surface area contributed by atoms with Crippen LogP contribution < -0.4 is 0 Å². The van der Waals surface area contributed by atoms with Gasteiger partial charge >= 0.3 is 17.9 Å². The van der Waals surface area contributed by atoms with E-state index in [2.05, 4.69) is 32.8 Å². The van der Waals surface area contributed by atoms with Crippen LogP contribution in [0.25, 0.3) is 0 Å². The Morgan fingerprint density at radius 1 is 0.520 bits per heavy atom. The van der Waals surface area contributed by atoms with Gasteiger partial charge in [-0.3, -0.25) is 14.4 Å². The summed E-state index contributed by atoms with van der Waals surface area (Å²) in [4.78, 5) is 40.4. The van der Waals surface area contributed by atoms with Crippen molar-refractivity contribution < 1.29 is 28.6 Å². The molecule has 7 heteroatoms. The summed E-state index contributed by atoms with van der Waals surface area (Å²) in [6, 6.07) is 0. The molecule has 0 saturated heterocycles. The molecule has 0 aliphatic heterocycles. The molecule has 0 saturated carbocycles. The number of unbranched alkanes of at least 4 members (excludes halogenated alkanes) is 16. The van der Waals surface area contributed by atoms with E-state index < -0.39 is 10.8 Å². The van der Waals surface area contributed by atoms with Crippen LogP contribution in [0.1, 0.15) is 208 Å². The minimum atomic E-state index is -0.477. The topological polar surface area (TPSA) is 82.1 Å². The molecular formula is C43H83NO6. The molecule has 0 aliphatic rings. The highest BCUT2D eigenvalue weighted by Crippen LogP contribution is 2.28. The van der Waals surface area contributed by atoms with Crippen LogP contribution in [0.3, 0.4) is 0 Å². The molecule has 0 unspecified atom stereocenters. The standard InChI is InChI=1S/C43H83NO6/c1-9-11-13-15-17-28-36-48-40(46)42(3,4)33-25-19-22-30-38(50-39(45)32-24-21-27-35-44(7)8)31-23-20-26-34-43(5,6)41(47)49-37-29-18-16-14-12-10-2/h38H,9-37H2,1-8H3. The van der Waals surface area contributed by atoms with E-state index in [1.54, 1.807) is 0 Å². The fourth-order valence-electron chi connectivity index (χ4n) is 6.30. The number of hydrogen-bond donors (Lipinski definition) is 0. The Bertz CT molecular complexity index is 787. The molecule has 0 spiro atoms. The Morgan fingerprint density at radius 3 is 1.36 bits per heavy atom. The molecule has 0 amide bonds. The van der Waals surface area contributed by atoms with Gasteiger partial charge in [-0.05, 0) is 113 Å². The van der Waals surface area contributed by atoms with Gasteiger partial charge in [0.05, 0.1) is 24.0 Å². The summed E-state index contributed by atoms with van der Waals surface area (Å²) in [6.45, 7) is 14.5. The van der Waals surface area contributed by atoms with E-state index in [0.717, 1.165) is 116 Å². The number of carbonyl (C=O) groups excluding carboxylic acids is 3. The number of carbonyl (C=O) groups is 3. The fourth-order valence-corrected chi connectivity index (χ4v) is 6.30. The van der Waals surface area contributed by atoms with Crippen LogP contribution in [0.2, 0.25) is 0 Å². The van der Waals surface area contributed by atoms with Crippen molar-refractivity contribution in [3.8, 4) is 0 Å². The quantitative estimate of drug-likeness (QED) is 0.0368. The minimum Gasteiger partial charge on any atom is -0.465 e. The predicted octanol–water partition coefficient (Wildman–Crippen LogP) is 11.8. The molecule has 0 fully saturated rings. The van der Waals surface area contributed by atoms with E-state index in [9.17, 15) is 14.4 Å². The van der Waals surface area contributed by atoms with Gasteiger partial charge in [0.25, 0.3) is 0 Å². The molecule has 0 atom stereocenters. The van der Waals surface area contributed by atoms with Gasteiger partial charge in [0.15, 0.2) is 0 Å². The zero-order chi connectivity index (χ0) is 37.5. The van der Waals surface area contributed by atoms with Gasteiger partial charge in [-0.15, -0.1) is 0 Å². The zero-order valence-electron chi connectivity index (χ0n) is 34.5. The lowest BCUT2D eigenvalue weighted by Gasteiger charge is -2.23. The maximum atomic E-state index is 12.8. The summed E-state index contributed by atoms with van der Waals surface area (Å²) in [5.74, 6) is -0.251. The third-order valence-corrected chi connectivity index (χ3v) is 10.0. The maximum absolute atomic E-state index is 12.8. The summed E-state index contributed by atoms with van der Waals surface area (Å²) in [5, 5.41) is 0. The maximum Gasteiger partial charge on any atom is 0.311 e. The van der Waals surface area contributed by atoms with Crippen LogP contribution in [0.5, 0.6) is 0 Å². The van der Waals surface area contributed by atoms with Gasteiger partial charge in [-0.2, -0.15) is 0 Å². The molecule has 0 aliphatic carbocycles. The lowest BCUT2D eigenvalue weighted by Crippen LogP contribution is -2.27. The van der Waals surface area contributed by atoms with Crippen LogP contribution in [0.4, 0.5) is 0 Å². The molecule has 296 valence electrons. The van der Waals surface area contributed by atoms with E-state index in [1.807, 2.05) is 27.7 Å². The highest BCUT2D eigenvalue weighted by molar-refractivity contribution is 5.76. The smallest absolute Gasteiger partial charge is 0.311 e. The molecule has 0 radical (unpaired) electrons. The van der Waals surface area contributed by atoms with E-state index >= 15 is 0 Å². The van der Waals surface area contributed by atoms with Crippen molar-refractivity contribution >= 4 is 17.9 Å². The van der Waals surface area contributed by atoms with E-state index in [4.69, 9.17) is 14.2 Å². The largest absolute Gasteiger partial charge is 0.465 e. The fraction of sp³-hybridized carbons (Fsp3) is 0.930. The summed E-state index contributed by atoms with van der Waals surface area (Å²) >= 11 is 0. The Labute approximate surface area is 310 Å². The molecule has 0 heterocycles. The molecule has 0 rings (SSSR count). The van der Waals surface area contributed by atoms with Crippen molar-refractivity contribution in [2.45, 2.75) is 215 Å². The normalized spacial score (nSPS) is 12.1. The van der Waals surface area contributed by atoms with Gasteiger partial charge in [0.2, 0.25) is 0 Å². The van der Waals surface area contributed by atoms with Crippen molar-refractivity contribution in [2.75, 3.05) is 33.9 Å². The van der Waals surface area contributed by atoms with Gasteiger partial charge in [-0.25, -0.2) is 0 Å². The van der Waals surface area contributed by atoms with E-state index in [0.29, 0.717) is 19.6 Å². The second-order valence-corrected chi connectivity index (χ2v) is 16.5. The molecule has 0 aromatic heterocycles. The molecule has 50 heavy (non-hydrogen) atoms. The van der Waals surface area contributed by atoms with Gasteiger partial charge in [0.1, 0.15) is 6.10 Å². The lowest BCUT2D eigenvalue weighted by molar-refractivity contribution is -0.155. The SMILES string of the molecule is CCCCCCCCOC(=O)C(C)(C)CCCCCC(CCCCCC(C)(C)C(=O)OCCCCCCCC)OC(=O)CCCCCN(C)C. The van der Waals surface area contributed by atoms with Crippen molar-refractivity contribution in [1.82, 2.24) is 4.90 Å². The first kappa shape index (κ1) is 48.4. The first-order chi connectivity index (χ1) is 23.9. The van der Waals surface area contributed by atoms with Gasteiger partial charge in [-0.1, -0.05) is 110 Å². The molecule has 0 N–H and O–H groups in total. The highest BCUT2D eigenvalue weighted by atomic mass is 16.5. The second-order valence-electron chi connectivity index (χ2n) is 16.5. The van der Waals surface area contributed by atoms with Crippen molar-refractivity contribution in [3.05, 3.63) is 0 Å². The summed E-state index contributed by atoms with van der Waals surface area (Å²) in [7, 11) is 4.15. The van der Waals surface area contributed by atoms with Crippen molar-refractivity contribution in [2.24, 2.45) is 10.8 Å². The predicted molar refractivity (Wildman–Crippen MR) is 209 cm³/mol. The average Bonchev–Trinajstić information content (AvgIpc) is 3.06. The number of nitrogens with zero attached hydrogens (tertiary/aromatic N) is 1. The Kier molecular flexibility index (Phi) is 29.9. The van der Waals surface area contributed by atoms with Gasteiger partial charge < -0.3 is 19.1 Å². The Hall–Kier alpha value is -1.63. The molecule has 0 aromatic rings. The van der Waals surface area contributed by atoms with Crippen molar-refractivity contribution in [3.63, 3.8) is 0 Å². The van der Waals surface area contributed by atoms with Crippen LogP contribution in [0, 0.1) is 10.8 Å². The highest BCUT2D eigenvalue weighted by Gasteiger charge is 2.29. The Morgan fingerprint density at radius 2 is 0.920 bits per heavy atom. The number of rotatable bonds is 35. The van der Waals surface area contributed by atoms with Crippen LogP contribution in [-0.4, -0.2) is 62.8 Å². The molecule has 7 nitrogen and oxygen atoms in total. The third-order valence-electron chi connectivity index (χ3n) is 10.0. The van der Waals surface area contributed by atoms with E-state index in [-0.39, 0.29) is 24.0 Å². The van der Waals surface area contributed by atoms with Gasteiger partial charge in [0, 0.05) is 6.42 Å². The minimum absolute atomic E-state index is 0.0742. The van der Waals surface area contributed by atoms with Crippen LogP contribution >= 0.6 is 0 Å². The number of ether oxygens (including phenoxy) is 3. The number of esters is 3. The summed E-state index contributed by atoms with van der Waals surface area (Å²) in [6.07, 6.45) is 26.7. The Balaban J connectivity index is 4.61. The summed E-state index contributed by atoms with van der Waals surface area (Å²) < 4.78 is 17.3. The van der Waals surface area contributed by atoms with E-state index in [1.165, 1.54) is 51.4 Å². The molecule has 0 bridgehead atoms. The van der Waals surface area contributed by atoms with Crippen LogP contribution in [0.15, 0.2) is 0 Å². The first-order valence-corrected chi connectivity index (χ1v) is 21.0. The molecular weight excluding hydrogens is 626 g/mol. The number of hydrogen-bond acceptors (Lipinski definition) is 7. The molecule has 0 aromatic carbocycles. The van der Waals surface area contributed by atoms with Crippen LogP contribution in [-0.2, 0) is 28.6 Å².